The minimum absolute atomic E-state index is 0.0994. The summed E-state index contributed by atoms with van der Waals surface area (Å²) < 4.78 is 0. The van der Waals surface area contributed by atoms with Gasteiger partial charge in [0.05, 0.1) is 35.4 Å². The first-order valence-electron chi connectivity index (χ1n) is 13.8. The van der Waals surface area contributed by atoms with Crippen molar-refractivity contribution in [3.8, 4) is 11.3 Å². The summed E-state index contributed by atoms with van der Waals surface area (Å²) >= 11 is 0. The smallest absolute Gasteiger partial charge is 0.257 e. The van der Waals surface area contributed by atoms with E-state index in [4.69, 9.17) is 0 Å². The number of aryl methyl sites for hydroxylation is 1. The van der Waals surface area contributed by atoms with Gasteiger partial charge in [-0.1, -0.05) is 65.8 Å². The third kappa shape index (κ3) is 8.31. The first kappa shape index (κ1) is 31.8. The maximum absolute atomic E-state index is 13.0. The van der Waals surface area contributed by atoms with Crippen LogP contribution in [0.15, 0.2) is 54.9 Å². The summed E-state index contributed by atoms with van der Waals surface area (Å²) in [5.41, 5.74) is 5.09. The van der Waals surface area contributed by atoms with Gasteiger partial charge >= 0.3 is 0 Å². The third-order valence-corrected chi connectivity index (χ3v) is 5.73. The van der Waals surface area contributed by atoms with Crippen molar-refractivity contribution in [1.82, 2.24) is 20.3 Å². The molecule has 0 aliphatic heterocycles. The summed E-state index contributed by atoms with van der Waals surface area (Å²) in [6.07, 6.45) is 3.52. The monoisotopic (exact) mass is 544 g/mol. The number of benzene rings is 1. The molecule has 0 bridgehead atoms. The van der Waals surface area contributed by atoms with Crippen molar-refractivity contribution < 1.29 is 14.4 Å². The molecule has 0 aliphatic rings. The first-order valence-corrected chi connectivity index (χ1v) is 13.8. The number of rotatable bonds is 9. The van der Waals surface area contributed by atoms with Crippen LogP contribution in [0.25, 0.3) is 22.3 Å². The second kappa shape index (κ2) is 15.9. The zero-order valence-corrected chi connectivity index (χ0v) is 24.4. The number of hydrogen-bond donors (Lipinski definition) is 4. The van der Waals surface area contributed by atoms with Crippen LogP contribution in [0.3, 0.4) is 0 Å². The molecule has 0 unspecified atom stereocenters. The topological polar surface area (TPSA) is 129 Å². The Kier molecular flexibility index (Phi) is 12.7. The predicted octanol–water partition coefficient (Wildman–Crippen LogP) is 6.38. The molecule has 0 fully saturated rings. The number of likely N-dealkylation sites (N-methyl/N-ethyl adjacent to an activating group) is 1. The average Bonchev–Trinajstić information content (AvgIpc) is 3.43. The number of ketones is 1. The Balaban J connectivity index is 0.00000134. The van der Waals surface area contributed by atoms with Gasteiger partial charge in [-0.05, 0) is 37.2 Å². The van der Waals surface area contributed by atoms with Crippen molar-refractivity contribution in [2.45, 2.75) is 54.9 Å². The minimum Gasteiger partial charge on any atom is -0.339 e. The number of carbonyl (C=O) groups is 3. The quantitative estimate of drug-likeness (QED) is 0.181. The van der Waals surface area contributed by atoms with E-state index in [-0.39, 0.29) is 24.1 Å². The lowest BCUT2D eigenvalue weighted by atomic mass is 10.1. The molecule has 9 heteroatoms. The number of aromatic nitrogens is 3. The zero-order valence-electron chi connectivity index (χ0n) is 24.4. The fourth-order valence-electron chi connectivity index (χ4n) is 3.70. The van der Waals surface area contributed by atoms with E-state index in [1.165, 1.54) is 6.20 Å². The third-order valence-electron chi connectivity index (χ3n) is 5.73. The number of aromatic amines is 1. The van der Waals surface area contributed by atoms with Gasteiger partial charge in [-0.2, -0.15) is 0 Å². The number of anilines is 2. The molecule has 4 N–H and O–H groups in total. The van der Waals surface area contributed by atoms with Gasteiger partial charge in [0.25, 0.3) is 5.91 Å². The minimum atomic E-state index is -0.337. The van der Waals surface area contributed by atoms with Crippen LogP contribution in [0, 0.1) is 6.92 Å². The van der Waals surface area contributed by atoms with Crippen molar-refractivity contribution in [1.29, 1.82) is 0 Å². The average molecular weight is 545 g/mol. The van der Waals surface area contributed by atoms with E-state index in [0.29, 0.717) is 46.8 Å². The summed E-state index contributed by atoms with van der Waals surface area (Å²) in [5, 5.41) is 9.36. The predicted molar refractivity (Wildman–Crippen MR) is 163 cm³/mol. The number of hydrogen-bond acceptors (Lipinski definition) is 6. The summed E-state index contributed by atoms with van der Waals surface area (Å²) in [6.45, 7) is 14.4. The van der Waals surface area contributed by atoms with Gasteiger partial charge in [0.2, 0.25) is 5.91 Å². The molecule has 9 nitrogen and oxygen atoms in total. The Morgan fingerprint density at radius 1 is 0.850 bits per heavy atom. The van der Waals surface area contributed by atoms with E-state index in [0.717, 1.165) is 16.6 Å². The normalized spacial score (nSPS) is 10.1. The van der Waals surface area contributed by atoms with Crippen molar-refractivity contribution >= 4 is 40.0 Å². The van der Waals surface area contributed by atoms with Crippen molar-refractivity contribution in [2.24, 2.45) is 0 Å². The molecule has 1 aromatic carbocycles. The van der Waals surface area contributed by atoms with Gasteiger partial charge in [0, 0.05) is 29.3 Å². The number of Topliss-reactive ketones (excluding diaryl/α,β-unsaturated/α-hetero) is 1. The molecule has 0 saturated heterocycles. The molecule has 4 aromatic rings. The van der Waals surface area contributed by atoms with Crippen LogP contribution in [0.1, 0.15) is 74.4 Å². The van der Waals surface area contributed by atoms with Crippen molar-refractivity contribution in [3.63, 3.8) is 0 Å². The number of amides is 2. The lowest BCUT2D eigenvalue weighted by Crippen LogP contribution is -2.27. The maximum Gasteiger partial charge on any atom is 0.257 e. The van der Waals surface area contributed by atoms with Crippen LogP contribution in [-0.2, 0) is 4.79 Å². The Bertz CT molecular complexity index is 1430. The van der Waals surface area contributed by atoms with Crippen LogP contribution >= 0.6 is 0 Å². The van der Waals surface area contributed by atoms with E-state index < -0.39 is 0 Å². The van der Waals surface area contributed by atoms with Gasteiger partial charge in [0.15, 0.2) is 5.78 Å². The molecule has 40 heavy (non-hydrogen) atoms. The molecule has 0 spiro atoms. The molecular formula is C31H40N6O3. The Morgan fingerprint density at radius 3 is 2.20 bits per heavy atom. The van der Waals surface area contributed by atoms with Gasteiger partial charge < -0.3 is 20.9 Å². The standard InChI is InChI=1S/C27H28N6O3.2C2H6/c1-4-24(34)18-8-6-17(7-9-18)23-11-19-10-20(13-30-26(19)32-23)27(36)33-22-12-21(14-29-16(22)3)31-25(35)15-28-5-2;2*1-2/h6-14,28H,4-5,15H2,1-3H3,(H,30,32)(H,31,35)(H,33,36);2*1-2H3. The lowest BCUT2D eigenvalue weighted by Gasteiger charge is -2.11. The number of carbonyl (C=O) groups excluding carboxylic acids is 3. The van der Waals surface area contributed by atoms with E-state index >= 15 is 0 Å². The molecule has 0 saturated carbocycles. The molecule has 0 radical (unpaired) electrons. The highest BCUT2D eigenvalue weighted by molar-refractivity contribution is 6.06. The summed E-state index contributed by atoms with van der Waals surface area (Å²) in [5.74, 6) is -0.428. The SMILES string of the molecule is CC.CC.CCNCC(=O)Nc1cnc(C)c(NC(=O)c2cnc3[nH]c(-c4ccc(C(=O)CC)cc4)cc3c2)c1. The second-order valence-electron chi connectivity index (χ2n) is 8.34. The number of fused-ring (bicyclic) bond motifs is 1. The number of nitrogens with one attached hydrogen (secondary N) is 4. The summed E-state index contributed by atoms with van der Waals surface area (Å²) in [7, 11) is 0. The molecule has 0 aliphatic carbocycles. The lowest BCUT2D eigenvalue weighted by molar-refractivity contribution is -0.115. The Hall–Kier alpha value is -4.37. The van der Waals surface area contributed by atoms with Crippen molar-refractivity contribution in [3.05, 3.63) is 71.7 Å². The zero-order chi connectivity index (χ0) is 29.7. The maximum atomic E-state index is 13.0. The highest BCUT2D eigenvalue weighted by Gasteiger charge is 2.13. The summed E-state index contributed by atoms with van der Waals surface area (Å²) in [6, 6.07) is 12.8. The van der Waals surface area contributed by atoms with Gasteiger partial charge in [0.1, 0.15) is 5.65 Å². The molecule has 3 aromatic heterocycles. The largest absolute Gasteiger partial charge is 0.339 e. The fourth-order valence-corrected chi connectivity index (χ4v) is 3.70. The van der Waals surface area contributed by atoms with E-state index in [9.17, 15) is 14.4 Å². The van der Waals surface area contributed by atoms with Gasteiger partial charge in [-0.3, -0.25) is 19.4 Å². The molecule has 212 valence electrons. The Morgan fingerprint density at radius 2 is 1.55 bits per heavy atom. The molecule has 3 heterocycles. The number of pyridine rings is 2. The van der Waals surface area contributed by atoms with E-state index in [1.54, 1.807) is 25.3 Å². The number of H-pyrrole nitrogens is 1. The van der Waals surface area contributed by atoms with Crippen LogP contribution in [0.2, 0.25) is 0 Å². The molecule has 0 atom stereocenters. The van der Waals surface area contributed by atoms with Crippen LogP contribution in [0.5, 0.6) is 0 Å². The van der Waals surface area contributed by atoms with Gasteiger partial charge in [-0.25, -0.2) is 4.98 Å². The molecule has 2 amide bonds. The van der Waals surface area contributed by atoms with E-state index in [2.05, 4.69) is 30.9 Å². The van der Waals surface area contributed by atoms with Crippen LogP contribution in [-0.4, -0.2) is 45.6 Å². The second-order valence-corrected chi connectivity index (χ2v) is 8.34. The molecular weight excluding hydrogens is 504 g/mol. The Labute approximate surface area is 236 Å². The fraction of sp³-hybridized carbons (Fsp3) is 0.323. The van der Waals surface area contributed by atoms with Crippen molar-refractivity contribution in [2.75, 3.05) is 23.7 Å². The van der Waals surface area contributed by atoms with E-state index in [1.807, 2.05) is 71.9 Å². The highest BCUT2D eigenvalue weighted by Crippen LogP contribution is 2.25. The molecule has 4 rings (SSSR count). The first-order chi connectivity index (χ1) is 19.4. The highest BCUT2D eigenvalue weighted by atomic mass is 16.2. The van der Waals surface area contributed by atoms with Gasteiger partial charge in [-0.15, -0.1) is 0 Å². The van der Waals surface area contributed by atoms with Crippen LogP contribution < -0.4 is 16.0 Å². The van der Waals surface area contributed by atoms with Crippen LogP contribution in [0.4, 0.5) is 11.4 Å². The number of nitrogens with zero attached hydrogens (tertiary/aromatic N) is 2. The summed E-state index contributed by atoms with van der Waals surface area (Å²) in [4.78, 5) is 48.8.